The molecular weight excluding hydrogens is 244 g/mol. The Balaban J connectivity index is 1.73. The average Bonchev–Trinajstić information content (AvgIpc) is 3.11. The molecule has 106 valence electrons. The molecule has 0 amide bonds. The summed E-state index contributed by atoms with van der Waals surface area (Å²) in [5.74, 6) is 1.45. The molecule has 1 unspecified atom stereocenters. The van der Waals surface area contributed by atoms with Gasteiger partial charge < -0.3 is 0 Å². The van der Waals surface area contributed by atoms with Crippen LogP contribution in [-0.4, -0.2) is 5.78 Å². The Kier molecular flexibility index (Phi) is 4.05. The highest BCUT2D eigenvalue weighted by atomic mass is 16.1. The van der Waals surface area contributed by atoms with E-state index in [0.717, 1.165) is 24.8 Å². The number of allylic oxidation sites excluding steroid dienone is 1. The molecule has 2 aliphatic rings. The first-order valence-corrected chi connectivity index (χ1v) is 8.11. The highest BCUT2D eigenvalue weighted by Crippen LogP contribution is 2.40. The van der Waals surface area contributed by atoms with Crippen molar-refractivity contribution >= 4 is 11.9 Å². The molecule has 20 heavy (non-hydrogen) atoms. The molecule has 1 aromatic carbocycles. The predicted octanol–water partition coefficient (Wildman–Crippen LogP) is 4.80. The zero-order valence-electron chi connectivity index (χ0n) is 12.4. The normalized spacial score (nSPS) is 25.8. The summed E-state index contributed by atoms with van der Waals surface area (Å²) in [7, 11) is 0. The Morgan fingerprint density at radius 2 is 1.80 bits per heavy atom. The fourth-order valence-electron chi connectivity index (χ4n) is 3.81. The van der Waals surface area contributed by atoms with Gasteiger partial charge in [-0.1, -0.05) is 44.0 Å². The summed E-state index contributed by atoms with van der Waals surface area (Å²) < 4.78 is 0. The van der Waals surface area contributed by atoms with Crippen molar-refractivity contribution in [3.8, 4) is 0 Å². The largest absolute Gasteiger partial charge is 0.294 e. The Morgan fingerprint density at radius 1 is 1.10 bits per heavy atom. The van der Waals surface area contributed by atoms with Crippen LogP contribution in [0.5, 0.6) is 0 Å². The third kappa shape index (κ3) is 2.72. The summed E-state index contributed by atoms with van der Waals surface area (Å²) >= 11 is 0. The van der Waals surface area contributed by atoms with Crippen molar-refractivity contribution in [2.75, 3.05) is 0 Å². The van der Waals surface area contributed by atoms with Crippen molar-refractivity contribution in [2.24, 2.45) is 11.8 Å². The van der Waals surface area contributed by atoms with E-state index in [2.05, 4.69) is 37.3 Å². The fourth-order valence-corrected chi connectivity index (χ4v) is 3.81. The number of Topliss-reactive ketones (excluding diaryl/α,β-unsaturated/α-hetero) is 1. The molecule has 0 radical (unpaired) electrons. The molecule has 1 nitrogen and oxygen atoms in total. The van der Waals surface area contributed by atoms with Gasteiger partial charge in [0, 0.05) is 5.92 Å². The average molecular weight is 268 g/mol. The van der Waals surface area contributed by atoms with Crippen LogP contribution < -0.4 is 0 Å². The number of aryl methyl sites for hydroxylation is 1. The van der Waals surface area contributed by atoms with E-state index in [1.165, 1.54) is 36.8 Å². The standard InChI is InChI=1S/C19H24O/c1-2-14-7-9-15(10-8-14)13-17-11-12-18(19(17)20)16-5-3-4-6-16/h7-10,13,16,18H,2-6,11-12H2,1H3/b17-13+. The minimum Gasteiger partial charge on any atom is -0.294 e. The van der Waals surface area contributed by atoms with Crippen LogP contribution in [0.4, 0.5) is 0 Å². The first-order valence-electron chi connectivity index (χ1n) is 8.11. The number of carbonyl (C=O) groups excluding carboxylic acids is 1. The zero-order valence-corrected chi connectivity index (χ0v) is 12.4. The number of hydrogen-bond donors (Lipinski definition) is 0. The number of rotatable bonds is 3. The number of hydrogen-bond acceptors (Lipinski definition) is 1. The van der Waals surface area contributed by atoms with Crippen LogP contribution in [0, 0.1) is 11.8 Å². The molecule has 0 aromatic heterocycles. The monoisotopic (exact) mass is 268 g/mol. The minimum atomic E-state index is 0.332. The van der Waals surface area contributed by atoms with Crippen molar-refractivity contribution < 1.29 is 4.79 Å². The third-order valence-corrected chi connectivity index (χ3v) is 5.08. The predicted molar refractivity (Wildman–Crippen MR) is 83.5 cm³/mol. The Bertz CT molecular complexity index is 503. The molecule has 0 spiro atoms. The van der Waals surface area contributed by atoms with Gasteiger partial charge in [-0.05, 0) is 60.8 Å². The van der Waals surface area contributed by atoms with Crippen molar-refractivity contribution in [3.05, 3.63) is 41.0 Å². The van der Waals surface area contributed by atoms with E-state index < -0.39 is 0 Å². The summed E-state index contributed by atoms with van der Waals surface area (Å²) in [5, 5.41) is 0. The van der Waals surface area contributed by atoms with Crippen LogP contribution >= 0.6 is 0 Å². The molecule has 0 aliphatic heterocycles. The van der Waals surface area contributed by atoms with Crippen LogP contribution in [0.2, 0.25) is 0 Å². The van der Waals surface area contributed by atoms with Gasteiger partial charge in [-0.2, -0.15) is 0 Å². The van der Waals surface area contributed by atoms with Gasteiger partial charge in [0.25, 0.3) is 0 Å². The van der Waals surface area contributed by atoms with Gasteiger partial charge in [-0.15, -0.1) is 0 Å². The maximum absolute atomic E-state index is 12.6. The number of benzene rings is 1. The highest BCUT2D eigenvalue weighted by Gasteiger charge is 2.36. The summed E-state index contributed by atoms with van der Waals surface area (Å²) in [5.41, 5.74) is 3.59. The molecule has 0 bridgehead atoms. The Morgan fingerprint density at radius 3 is 2.45 bits per heavy atom. The first-order chi connectivity index (χ1) is 9.78. The van der Waals surface area contributed by atoms with E-state index in [4.69, 9.17) is 0 Å². The summed E-state index contributed by atoms with van der Waals surface area (Å²) in [4.78, 5) is 12.6. The molecule has 1 heteroatoms. The van der Waals surface area contributed by atoms with E-state index in [1.807, 2.05) is 0 Å². The maximum atomic E-state index is 12.6. The third-order valence-electron chi connectivity index (χ3n) is 5.08. The molecule has 0 N–H and O–H groups in total. The topological polar surface area (TPSA) is 17.1 Å². The van der Waals surface area contributed by atoms with Crippen molar-refractivity contribution in [3.63, 3.8) is 0 Å². The maximum Gasteiger partial charge on any atom is 0.162 e. The lowest BCUT2D eigenvalue weighted by Crippen LogP contribution is -2.16. The van der Waals surface area contributed by atoms with Crippen LogP contribution in [-0.2, 0) is 11.2 Å². The lowest BCUT2D eigenvalue weighted by molar-refractivity contribution is -0.119. The van der Waals surface area contributed by atoms with Gasteiger partial charge in [-0.25, -0.2) is 0 Å². The van der Waals surface area contributed by atoms with Crippen molar-refractivity contribution in [1.29, 1.82) is 0 Å². The summed E-state index contributed by atoms with van der Waals surface area (Å²) in [6.07, 6.45) is 10.5. The van der Waals surface area contributed by atoms with Gasteiger partial charge in [0.1, 0.15) is 0 Å². The highest BCUT2D eigenvalue weighted by molar-refractivity contribution is 6.03. The molecule has 2 fully saturated rings. The van der Waals surface area contributed by atoms with E-state index >= 15 is 0 Å². The second-order valence-corrected chi connectivity index (χ2v) is 6.32. The second kappa shape index (κ2) is 5.95. The molecule has 2 aliphatic carbocycles. The minimum absolute atomic E-state index is 0.332. The number of carbonyl (C=O) groups is 1. The second-order valence-electron chi connectivity index (χ2n) is 6.32. The first kappa shape index (κ1) is 13.6. The summed E-state index contributed by atoms with van der Waals surface area (Å²) in [6, 6.07) is 8.62. The molecule has 0 saturated heterocycles. The van der Waals surface area contributed by atoms with Crippen molar-refractivity contribution in [2.45, 2.75) is 51.9 Å². The quantitative estimate of drug-likeness (QED) is 0.719. The Hall–Kier alpha value is -1.37. The molecular formula is C19H24O. The van der Waals surface area contributed by atoms with Crippen LogP contribution in [0.15, 0.2) is 29.8 Å². The van der Waals surface area contributed by atoms with E-state index in [9.17, 15) is 4.79 Å². The molecule has 1 atom stereocenters. The van der Waals surface area contributed by atoms with Crippen molar-refractivity contribution in [1.82, 2.24) is 0 Å². The van der Waals surface area contributed by atoms with Gasteiger partial charge in [0.15, 0.2) is 5.78 Å². The molecule has 3 rings (SSSR count). The number of ketones is 1. The van der Waals surface area contributed by atoms with E-state index in [1.54, 1.807) is 0 Å². The van der Waals surface area contributed by atoms with Gasteiger partial charge in [-0.3, -0.25) is 4.79 Å². The van der Waals surface area contributed by atoms with Gasteiger partial charge in [0.05, 0.1) is 0 Å². The smallest absolute Gasteiger partial charge is 0.162 e. The molecule has 0 heterocycles. The van der Waals surface area contributed by atoms with E-state index in [-0.39, 0.29) is 0 Å². The van der Waals surface area contributed by atoms with Crippen LogP contribution in [0.25, 0.3) is 6.08 Å². The fraction of sp³-hybridized carbons (Fsp3) is 0.526. The van der Waals surface area contributed by atoms with Crippen LogP contribution in [0.1, 0.15) is 56.6 Å². The summed E-state index contributed by atoms with van der Waals surface area (Å²) in [6.45, 7) is 2.17. The Labute approximate surface area is 122 Å². The SMILES string of the molecule is CCc1ccc(/C=C2\CCC(C3CCCC3)C2=O)cc1. The van der Waals surface area contributed by atoms with Crippen LogP contribution in [0.3, 0.4) is 0 Å². The van der Waals surface area contributed by atoms with Gasteiger partial charge in [0.2, 0.25) is 0 Å². The van der Waals surface area contributed by atoms with Gasteiger partial charge >= 0.3 is 0 Å². The lowest BCUT2D eigenvalue weighted by Gasteiger charge is -2.15. The lowest BCUT2D eigenvalue weighted by atomic mass is 9.88. The zero-order chi connectivity index (χ0) is 13.9. The molecule has 2 saturated carbocycles. The molecule has 1 aromatic rings. The van der Waals surface area contributed by atoms with E-state index in [0.29, 0.717) is 17.6 Å².